The fourth-order valence-corrected chi connectivity index (χ4v) is 2.47. The van der Waals surface area contributed by atoms with Crippen LogP contribution in [0.1, 0.15) is 12.0 Å². The Labute approximate surface area is 133 Å². The minimum atomic E-state index is -0.108. The Morgan fingerprint density at radius 2 is 2.05 bits per heavy atom. The maximum atomic E-state index is 11.8. The Kier molecular flexibility index (Phi) is 4.39. The highest BCUT2D eigenvalue weighted by Crippen LogP contribution is 2.31. The van der Waals surface area contributed by atoms with Gasteiger partial charge in [0.15, 0.2) is 0 Å². The summed E-state index contributed by atoms with van der Waals surface area (Å²) in [5.74, 6) is 1.16. The lowest BCUT2D eigenvalue weighted by atomic mass is 9.95. The minimum Gasteiger partial charge on any atom is -0.456 e. The smallest absolute Gasteiger partial charge is 0.243 e. The quantitative estimate of drug-likeness (QED) is 0.933. The van der Waals surface area contributed by atoms with Crippen LogP contribution < -0.4 is 10.2 Å². The lowest BCUT2D eigenvalue weighted by Gasteiger charge is -2.17. The van der Waals surface area contributed by atoms with Gasteiger partial charge in [0.05, 0.1) is 5.02 Å². The molecular formula is C17H15ClN2O2. The number of carbonyl (C=O) groups excluding carboxylic acids is 1. The van der Waals surface area contributed by atoms with Gasteiger partial charge in [-0.25, -0.2) is 5.43 Å². The molecule has 22 heavy (non-hydrogen) atoms. The molecule has 1 N–H and O–H groups in total. The van der Waals surface area contributed by atoms with E-state index in [0.717, 1.165) is 11.3 Å². The first-order valence-corrected chi connectivity index (χ1v) is 7.43. The molecule has 1 aliphatic rings. The van der Waals surface area contributed by atoms with E-state index in [1.807, 2.05) is 42.5 Å². The summed E-state index contributed by atoms with van der Waals surface area (Å²) in [6.45, 7) is 0. The van der Waals surface area contributed by atoms with Crippen molar-refractivity contribution in [1.29, 1.82) is 0 Å². The Morgan fingerprint density at radius 1 is 1.23 bits per heavy atom. The molecule has 0 aliphatic carbocycles. The Balaban J connectivity index is 1.77. The monoisotopic (exact) mass is 314 g/mol. The van der Waals surface area contributed by atoms with E-state index in [1.54, 1.807) is 12.3 Å². The molecule has 112 valence electrons. The number of amides is 1. The predicted molar refractivity (Wildman–Crippen MR) is 86.4 cm³/mol. The number of para-hydroxylation sites is 1. The van der Waals surface area contributed by atoms with Crippen molar-refractivity contribution in [2.45, 2.75) is 12.8 Å². The fourth-order valence-electron chi connectivity index (χ4n) is 2.32. The molecule has 1 heterocycles. The molecule has 0 radical (unpaired) electrons. The number of benzene rings is 2. The van der Waals surface area contributed by atoms with Gasteiger partial charge in [0, 0.05) is 12.1 Å². The first kappa shape index (κ1) is 14.6. The van der Waals surface area contributed by atoms with Crippen LogP contribution in [0.4, 0.5) is 0 Å². The van der Waals surface area contributed by atoms with E-state index in [0.29, 0.717) is 23.6 Å². The molecule has 3 rings (SSSR count). The standard InChI is InChI=1S/C17H15ClN2O2/c18-15-7-6-12(10-13-8-9-19-20-17(13)21)11-16(15)22-14-4-2-1-3-5-14/h1-7,9,11,13H,8,10H2,(H,20,21). The number of rotatable bonds is 4. The zero-order valence-electron chi connectivity index (χ0n) is 11.8. The Morgan fingerprint density at radius 3 is 2.82 bits per heavy atom. The Hall–Kier alpha value is -2.33. The average molecular weight is 315 g/mol. The molecule has 2 aromatic rings. The number of nitrogens with zero attached hydrogens (tertiary/aromatic N) is 1. The zero-order chi connectivity index (χ0) is 15.4. The van der Waals surface area contributed by atoms with Gasteiger partial charge in [-0.15, -0.1) is 0 Å². The van der Waals surface area contributed by atoms with Crippen LogP contribution in [0.3, 0.4) is 0 Å². The van der Waals surface area contributed by atoms with Gasteiger partial charge in [0.25, 0.3) is 0 Å². The molecule has 1 unspecified atom stereocenters. The molecule has 0 aromatic heterocycles. The lowest BCUT2D eigenvalue weighted by Crippen LogP contribution is -2.32. The second kappa shape index (κ2) is 6.62. The topological polar surface area (TPSA) is 50.7 Å². The molecular weight excluding hydrogens is 300 g/mol. The number of hydrazone groups is 1. The van der Waals surface area contributed by atoms with Crippen LogP contribution in [0.2, 0.25) is 5.02 Å². The number of nitrogens with one attached hydrogen (secondary N) is 1. The molecule has 1 amide bonds. The summed E-state index contributed by atoms with van der Waals surface area (Å²) in [5.41, 5.74) is 3.50. The number of ether oxygens (including phenoxy) is 1. The van der Waals surface area contributed by atoms with E-state index in [4.69, 9.17) is 16.3 Å². The molecule has 1 atom stereocenters. The van der Waals surface area contributed by atoms with Gasteiger partial charge in [0.1, 0.15) is 11.5 Å². The van der Waals surface area contributed by atoms with Gasteiger partial charge in [-0.05, 0) is 42.7 Å². The number of hydrogen-bond donors (Lipinski definition) is 1. The normalized spacial score (nSPS) is 17.1. The highest BCUT2D eigenvalue weighted by Gasteiger charge is 2.21. The van der Waals surface area contributed by atoms with Crippen molar-refractivity contribution in [2.24, 2.45) is 11.0 Å². The summed E-state index contributed by atoms with van der Waals surface area (Å²) < 4.78 is 5.81. The van der Waals surface area contributed by atoms with E-state index in [2.05, 4.69) is 10.5 Å². The van der Waals surface area contributed by atoms with Crippen LogP contribution in [0.15, 0.2) is 53.6 Å². The van der Waals surface area contributed by atoms with Crippen LogP contribution in [0, 0.1) is 5.92 Å². The first-order chi connectivity index (χ1) is 10.7. The second-order valence-electron chi connectivity index (χ2n) is 5.10. The molecule has 0 saturated heterocycles. The van der Waals surface area contributed by atoms with Crippen molar-refractivity contribution in [3.05, 3.63) is 59.1 Å². The van der Waals surface area contributed by atoms with Crippen molar-refractivity contribution in [2.75, 3.05) is 0 Å². The third kappa shape index (κ3) is 3.46. The molecule has 0 spiro atoms. The van der Waals surface area contributed by atoms with Crippen LogP contribution in [0.5, 0.6) is 11.5 Å². The van der Waals surface area contributed by atoms with Crippen LogP contribution in [-0.4, -0.2) is 12.1 Å². The van der Waals surface area contributed by atoms with E-state index >= 15 is 0 Å². The van der Waals surface area contributed by atoms with E-state index in [-0.39, 0.29) is 11.8 Å². The molecule has 2 aromatic carbocycles. The molecule has 5 heteroatoms. The van der Waals surface area contributed by atoms with Gasteiger partial charge < -0.3 is 4.74 Å². The van der Waals surface area contributed by atoms with Gasteiger partial charge in [0.2, 0.25) is 5.91 Å². The fraction of sp³-hybridized carbons (Fsp3) is 0.176. The summed E-state index contributed by atoms with van der Waals surface area (Å²) in [5, 5.41) is 4.31. The molecule has 0 saturated carbocycles. The second-order valence-corrected chi connectivity index (χ2v) is 5.51. The summed E-state index contributed by atoms with van der Waals surface area (Å²) in [6, 6.07) is 15.1. The average Bonchev–Trinajstić information content (AvgIpc) is 2.54. The largest absolute Gasteiger partial charge is 0.456 e. The first-order valence-electron chi connectivity index (χ1n) is 7.05. The van der Waals surface area contributed by atoms with Crippen molar-refractivity contribution in [1.82, 2.24) is 5.43 Å². The SMILES string of the molecule is O=C1NN=CCC1Cc1ccc(Cl)c(Oc2ccccc2)c1. The Bertz CT molecular complexity index is 701. The molecule has 1 aliphatic heterocycles. The van der Waals surface area contributed by atoms with Gasteiger partial charge in [-0.1, -0.05) is 35.9 Å². The summed E-state index contributed by atoms with van der Waals surface area (Å²) in [6.07, 6.45) is 2.99. The maximum Gasteiger partial charge on any atom is 0.243 e. The van der Waals surface area contributed by atoms with E-state index in [1.165, 1.54) is 0 Å². The third-order valence-corrected chi connectivity index (χ3v) is 3.79. The zero-order valence-corrected chi connectivity index (χ0v) is 12.6. The van der Waals surface area contributed by atoms with Crippen molar-refractivity contribution in [3.8, 4) is 11.5 Å². The summed E-state index contributed by atoms with van der Waals surface area (Å²) in [7, 11) is 0. The van der Waals surface area contributed by atoms with Gasteiger partial charge in [-0.3, -0.25) is 4.79 Å². The van der Waals surface area contributed by atoms with Crippen molar-refractivity contribution in [3.63, 3.8) is 0 Å². The van der Waals surface area contributed by atoms with Crippen LogP contribution in [-0.2, 0) is 11.2 Å². The summed E-state index contributed by atoms with van der Waals surface area (Å²) >= 11 is 6.19. The van der Waals surface area contributed by atoms with Crippen molar-refractivity contribution >= 4 is 23.7 Å². The summed E-state index contributed by atoms with van der Waals surface area (Å²) in [4.78, 5) is 11.8. The molecule has 0 bridgehead atoms. The third-order valence-electron chi connectivity index (χ3n) is 3.48. The lowest BCUT2D eigenvalue weighted by molar-refractivity contribution is -0.125. The maximum absolute atomic E-state index is 11.8. The highest BCUT2D eigenvalue weighted by atomic mass is 35.5. The molecule has 0 fully saturated rings. The number of carbonyl (C=O) groups is 1. The highest BCUT2D eigenvalue weighted by molar-refractivity contribution is 6.32. The van der Waals surface area contributed by atoms with Crippen LogP contribution >= 0.6 is 11.6 Å². The van der Waals surface area contributed by atoms with Gasteiger partial charge in [-0.2, -0.15) is 5.10 Å². The number of halogens is 1. The van der Waals surface area contributed by atoms with Gasteiger partial charge >= 0.3 is 0 Å². The minimum absolute atomic E-state index is 0.0528. The van der Waals surface area contributed by atoms with E-state index < -0.39 is 0 Å². The predicted octanol–water partition coefficient (Wildman–Crippen LogP) is 3.80. The van der Waals surface area contributed by atoms with E-state index in [9.17, 15) is 4.79 Å². The van der Waals surface area contributed by atoms with Crippen LogP contribution in [0.25, 0.3) is 0 Å². The van der Waals surface area contributed by atoms with Crippen molar-refractivity contribution < 1.29 is 9.53 Å². The molecule has 4 nitrogen and oxygen atoms in total. The number of hydrogen-bond acceptors (Lipinski definition) is 3.